The molecule has 4 aliphatic carbocycles. The first-order valence-electron chi connectivity index (χ1n) is 16.0. The third-order valence-corrected chi connectivity index (χ3v) is 12.2. The summed E-state index contributed by atoms with van der Waals surface area (Å²) < 4.78 is 36.3. The van der Waals surface area contributed by atoms with Crippen molar-refractivity contribution in [3.8, 4) is 5.75 Å². The summed E-state index contributed by atoms with van der Waals surface area (Å²) in [6, 6.07) is 5.89. The number of methoxy groups -OCH3 is 1. The number of likely N-dealkylation sites (N-methyl/N-ethyl adjacent to an activating group) is 1. The first-order chi connectivity index (χ1) is 21.6. The van der Waals surface area contributed by atoms with Crippen LogP contribution in [0.25, 0.3) is 10.9 Å². The van der Waals surface area contributed by atoms with Crippen molar-refractivity contribution < 1.29 is 27.5 Å². The van der Waals surface area contributed by atoms with Gasteiger partial charge >= 0.3 is 11.8 Å². The average Bonchev–Trinajstić information content (AvgIpc) is 3.62. The van der Waals surface area contributed by atoms with Crippen LogP contribution in [-0.4, -0.2) is 68.1 Å². The lowest BCUT2D eigenvalue weighted by atomic mass is 9.81. The Kier molecular flexibility index (Phi) is 7.42. The minimum Gasteiger partial charge on any atom is -0.496 e. The number of fused-ring (bicyclic) bond motifs is 6. The molecule has 3 amide bonds. The summed E-state index contributed by atoms with van der Waals surface area (Å²) in [5, 5.41) is 3.44. The number of ether oxygens (including phenoxy) is 1. The van der Waals surface area contributed by atoms with E-state index in [2.05, 4.69) is 26.7 Å². The van der Waals surface area contributed by atoms with Gasteiger partial charge in [0.2, 0.25) is 10.0 Å². The van der Waals surface area contributed by atoms with Gasteiger partial charge in [0.25, 0.3) is 5.91 Å². The molecule has 7 rings (SSSR count). The van der Waals surface area contributed by atoms with Crippen LogP contribution in [0.15, 0.2) is 52.6 Å². The van der Waals surface area contributed by atoms with Gasteiger partial charge in [-0.25, -0.2) is 13.1 Å². The SMILES string of the molecule is COc1ccc(C2CCCCC2)c2c1cc1n2CC2=C(C(=O)NS(=O)(=O)C3CCC3)C2=C2C=CC[C@@H](NC(=O)C(=O)N(C)C)C21. The molecular weight excluding hydrogens is 592 g/mol. The van der Waals surface area contributed by atoms with E-state index in [1.807, 2.05) is 18.2 Å². The van der Waals surface area contributed by atoms with Gasteiger partial charge in [0.1, 0.15) is 5.75 Å². The van der Waals surface area contributed by atoms with Crippen molar-refractivity contribution >= 4 is 38.6 Å². The van der Waals surface area contributed by atoms with E-state index in [-0.39, 0.29) is 5.92 Å². The van der Waals surface area contributed by atoms with E-state index in [9.17, 15) is 22.8 Å². The number of hydrogen-bond acceptors (Lipinski definition) is 6. The Hall–Kier alpha value is -3.86. The molecule has 2 fully saturated rings. The summed E-state index contributed by atoms with van der Waals surface area (Å²) in [5.41, 5.74) is 6.11. The molecule has 2 atom stereocenters. The summed E-state index contributed by atoms with van der Waals surface area (Å²) in [4.78, 5) is 40.5. The number of aromatic nitrogens is 1. The minimum absolute atomic E-state index is 0.369. The highest BCUT2D eigenvalue weighted by Crippen LogP contribution is 2.54. The Morgan fingerprint density at radius 1 is 1.02 bits per heavy atom. The Bertz CT molecular complexity index is 1820. The summed E-state index contributed by atoms with van der Waals surface area (Å²) in [7, 11) is 0.983. The number of nitrogens with zero attached hydrogens (tertiary/aromatic N) is 2. The first-order valence-corrected chi connectivity index (χ1v) is 17.6. The fourth-order valence-corrected chi connectivity index (χ4v) is 9.27. The number of carbonyl (C=O) groups is 3. The lowest BCUT2D eigenvalue weighted by molar-refractivity contribution is -0.144. The highest BCUT2D eigenvalue weighted by Gasteiger charge is 2.47. The summed E-state index contributed by atoms with van der Waals surface area (Å²) in [5.74, 6) is -1.15. The predicted octanol–water partition coefficient (Wildman–Crippen LogP) is 3.93. The van der Waals surface area contributed by atoms with Gasteiger partial charge in [-0.15, -0.1) is 0 Å². The molecule has 2 aromatic rings. The molecule has 238 valence electrons. The summed E-state index contributed by atoms with van der Waals surface area (Å²) in [6.45, 7) is 0.401. The maximum Gasteiger partial charge on any atom is 0.311 e. The predicted molar refractivity (Wildman–Crippen MR) is 170 cm³/mol. The Morgan fingerprint density at radius 3 is 2.44 bits per heavy atom. The van der Waals surface area contributed by atoms with Crippen LogP contribution in [0.4, 0.5) is 0 Å². The second-order valence-corrected chi connectivity index (χ2v) is 15.2. The third kappa shape index (κ3) is 4.99. The van der Waals surface area contributed by atoms with Gasteiger partial charge in [0.05, 0.1) is 23.4 Å². The van der Waals surface area contributed by atoms with Crippen molar-refractivity contribution in [2.75, 3.05) is 21.2 Å². The van der Waals surface area contributed by atoms with Crippen LogP contribution in [0, 0.1) is 0 Å². The van der Waals surface area contributed by atoms with Crippen molar-refractivity contribution in [3.63, 3.8) is 0 Å². The zero-order valence-corrected chi connectivity index (χ0v) is 26.8. The molecule has 1 aliphatic heterocycles. The highest BCUT2D eigenvalue weighted by atomic mass is 32.2. The largest absolute Gasteiger partial charge is 0.496 e. The van der Waals surface area contributed by atoms with Crippen molar-refractivity contribution in [2.45, 2.75) is 87.5 Å². The van der Waals surface area contributed by atoms with Gasteiger partial charge < -0.3 is 19.5 Å². The molecule has 2 heterocycles. The Balaban J connectivity index is 1.38. The summed E-state index contributed by atoms with van der Waals surface area (Å²) in [6.07, 6.45) is 12.2. The second kappa shape index (κ2) is 11.2. The topological polar surface area (TPSA) is 127 Å². The van der Waals surface area contributed by atoms with E-state index in [1.165, 1.54) is 29.7 Å². The van der Waals surface area contributed by atoms with Crippen LogP contribution in [0.3, 0.4) is 0 Å². The summed E-state index contributed by atoms with van der Waals surface area (Å²) >= 11 is 0. The van der Waals surface area contributed by atoms with Gasteiger partial charge in [-0.2, -0.15) is 0 Å². The van der Waals surface area contributed by atoms with E-state index in [4.69, 9.17) is 4.74 Å². The quantitative estimate of drug-likeness (QED) is 0.465. The molecule has 0 radical (unpaired) electrons. The van der Waals surface area contributed by atoms with E-state index in [1.54, 1.807) is 21.2 Å². The fraction of sp³-hybridized carbons (Fsp3) is 0.500. The zero-order valence-electron chi connectivity index (χ0n) is 26.0. The molecule has 1 unspecified atom stereocenters. The van der Waals surface area contributed by atoms with Crippen LogP contribution in [0.5, 0.6) is 5.75 Å². The molecule has 1 aromatic carbocycles. The third-order valence-electron chi connectivity index (χ3n) is 10.4. The molecule has 5 aliphatic rings. The standard InChI is InChI=1S/C34H40N4O6S/c1-37(2)34(41)33(40)35-25-14-8-13-22-28-24(30(28)32(39)36-45(42,43)20-11-7-12-20)18-38-26(29(22)25)17-23-27(44-3)16-15-21(31(23)38)19-9-5-4-6-10-19/h8,13,15-17,19-20,25,29H,4-7,9-12,14,18H2,1-3H3,(H,35,40)(H,36,39)/t25-,29?/m1/s1. The maximum absolute atomic E-state index is 13.6. The van der Waals surface area contributed by atoms with Crippen molar-refractivity contribution in [3.05, 3.63) is 63.9 Å². The monoisotopic (exact) mass is 632 g/mol. The van der Waals surface area contributed by atoms with Crippen molar-refractivity contribution in [1.82, 2.24) is 19.5 Å². The van der Waals surface area contributed by atoms with Gasteiger partial charge in [-0.1, -0.05) is 43.9 Å². The maximum atomic E-state index is 13.6. The van der Waals surface area contributed by atoms with Crippen LogP contribution in [-0.2, 0) is 31.0 Å². The average molecular weight is 633 g/mol. The molecule has 1 aromatic heterocycles. The number of rotatable bonds is 6. The molecule has 0 spiro atoms. The van der Waals surface area contributed by atoms with Gasteiger partial charge in [0.15, 0.2) is 0 Å². The fourth-order valence-electron chi connectivity index (χ4n) is 7.79. The molecule has 11 heteroatoms. The van der Waals surface area contributed by atoms with Crippen LogP contribution in [0.2, 0.25) is 0 Å². The van der Waals surface area contributed by atoms with Gasteiger partial charge in [0, 0.05) is 43.7 Å². The minimum atomic E-state index is -3.76. The van der Waals surface area contributed by atoms with E-state index in [0.717, 1.165) is 58.3 Å². The molecule has 0 bridgehead atoms. The van der Waals surface area contributed by atoms with Crippen molar-refractivity contribution in [1.29, 1.82) is 0 Å². The normalized spacial score (nSPS) is 23.0. The Morgan fingerprint density at radius 2 is 1.78 bits per heavy atom. The van der Waals surface area contributed by atoms with E-state index in [0.29, 0.717) is 37.3 Å². The number of amides is 3. The molecule has 0 saturated heterocycles. The van der Waals surface area contributed by atoms with Gasteiger partial charge in [-0.05, 0) is 72.4 Å². The number of sulfonamides is 1. The number of carbonyl (C=O) groups excluding carboxylic acids is 3. The van der Waals surface area contributed by atoms with Crippen LogP contribution < -0.4 is 14.8 Å². The smallest absolute Gasteiger partial charge is 0.311 e. The molecule has 10 nitrogen and oxygen atoms in total. The van der Waals surface area contributed by atoms with Crippen LogP contribution in [0.1, 0.15) is 80.9 Å². The van der Waals surface area contributed by atoms with E-state index < -0.39 is 39.0 Å². The second-order valence-electron chi connectivity index (χ2n) is 13.2. The molecular formula is C34H40N4O6S. The first kappa shape index (κ1) is 29.8. The zero-order chi connectivity index (χ0) is 31.6. The van der Waals surface area contributed by atoms with Crippen molar-refractivity contribution in [2.24, 2.45) is 0 Å². The highest BCUT2D eigenvalue weighted by molar-refractivity contribution is 7.90. The lowest BCUT2D eigenvalue weighted by Crippen LogP contribution is -2.47. The molecule has 2 saturated carbocycles. The number of allylic oxidation sites excluding steroid dienone is 2. The lowest BCUT2D eigenvalue weighted by Gasteiger charge is -2.32. The molecule has 45 heavy (non-hydrogen) atoms. The number of benzene rings is 1. The Labute approximate surface area is 263 Å². The van der Waals surface area contributed by atoms with E-state index >= 15 is 0 Å². The number of nitrogens with one attached hydrogen (secondary N) is 2. The van der Waals surface area contributed by atoms with Crippen LogP contribution >= 0.6 is 0 Å². The molecule has 2 N–H and O–H groups in total. The number of hydrogen-bond donors (Lipinski definition) is 2. The van der Waals surface area contributed by atoms with Gasteiger partial charge in [-0.3, -0.25) is 14.4 Å².